The van der Waals surface area contributed by atoms with Gasteiger partial charge in [0.05, 0.1) is 6.54 Å². The Morgan fingerprint density at radius 1 is 1.69 bits per heavy atom. The maximum atomic E-state index is 11.7. The highest BCUT2D eigenvalue weighted by Gasteiger charge is 2.28. The molecule has 70 valence electrons. The molecule has 1 saturated carbocycles. The van der Waals surface area contributed by atoms with Crippen molar-refractivity contribution in [3.05, 3.63) is 29.0 Å². The summed E-state index contributed by atoms with van der Waals surface area (Å²) in [5, 5.41) is 4.16. The lowest BCUT2D eigenvalue weighted by molar-refractivity contribution is 0.634. The molecule has 0 unspecified atom stereocenters. The molecule has 1 fully saturated rings. The Morgan fingerprint density at radius 3 is 2.92 bits per heavy atom. The van der Waals surface area contributed by atoms with Crippen LogP contribution < -0.4 is 5.69 Å². The van der Waals surface area contributed by atoms with Gasteiger partial charge in [0.2, 0.25) is 0 Å². The minimum absolute atomic E-state index is 0.0000926. The van der Waals surface area contributed by atoms with E-state index in [2.05, 4.69) is 11.7 Å². The topological polar surface area (TPSA) is 39.8 Å². The number of nitrogens with zero attached hydrogens (tertiary/aromatic N) is 3. The average Bonchev–Trinajstić information content (AvgIpc) is 2.84. The van der Waals surface area contributed by atoms with E-state index in [-0.39, 0.29) is 5.69 Å². The zero-order valence-electron chi connectivity index (χ0n) is 7.73. The quantitative estimate of drug-likeness (QED) is 0.646. The molecule has 0 N–H and O–H groups in total. The Morgan fingerprint density at radius 2 is 2.38 bits per heavy atom. The third-order valence-electron chi connectivity index (χ3n) is 2.26. The van der Waals surface area contributed by atoms with E-state index in [1.54, 1.807) is 10.6 Å². The Bertz CT molecular complexity index is 384. The predicted molar refractivity (Wildman–Crippen MR) is 49.7 cm³/mol. The summed E-state index contributed by atoms with van der Waals surface area (Å²) in [5.41, 5.74) is -0.0000926. The molecule has 1 aliphatic rings. The van der Waals surface area contributed by atoms with Gasteiger partial charge in [0, 0.05) is 6.04 Å². The van der Waals surface area contributed by atoms with Crippen molar-refractivity contribution in [1.29, 1.82) is 0 Å². The molecule has 1 aliphatic carbocycles. The maximum absolute atomic E-state index is 11.7. The molecule has 4 heteroatoms. The number of hydrogen-bond donors (Lipinski definition) is 0. The molecule has 2 rings (SSSR count). The largest absolute Gasteiger partial charge is 0.346 e. The number of aromatic nitrogens is 3. The van der Waals surface area contributed by atoms with E-state index in [1.807, 2.05) is 6.92 Å². The summed E-state index contributed by atoms with van der Waals surface area (Å²) < 4.78 is 3.24. The van der Waals surface area contributed by atoms with Crippen LogP contribution in [0.1, 0.15) is 24.7 Å². The molecule has 0 atom stereocenters. The lowest BCUT2D eigenvalue weighted by atomic mass is 10.6. The smallest absolute Gasteiger partial charge is 0.276 e. The fourth-order valence-electron chi connectivity index (χ4n) is 1.52. The van der Waals surface area contributed by atoms with Crippen molar-refractivity contribution in [3.63, 3.8) is 0 Å². The molecule has 0 aromatic carbocycles. The van der Waals surface area contributed by atoms with Gasteiger partial charge >= 0.3 is 5.69 Å². The van der Waals surface area contributed by atoms with Crippen LogP contribution in [0.4, 0.5) is 0 Å². The van der Waals surface area contributed by atoms with Crippen molar-refractivity contribution in [2.45, 2.75) is 32.4 Å². The lowest BCUT2D eigenvalue weighted by Crippen LogP contribution is -2.24. The number of rotatable bonds is 3. The molecular weight excluding hydrogens is 166 g/mol. The van der Waals surface area contributed by atoms with E-state index in [0.29, 0.717) is 12.6 Å². The highest BCUT2D eigenvalue weighted by atomic mass is 16.2. The molecule has 0 saturated heterocycles. The zero-order chi connectivity index (χ0) is 9.42. The molecule has 13 heavy (non-hydrogen) atoms. The summed E-state index contributed by atoms with van der Waals surface area (Å²) >= 11 is 0. The minimum atomic E-state index is -0.0000926. The molecule has 0 amide bonds. The molecule has 1 heterocycles. The first-order chi connectivity index (χ1) is 6.24. The first-order valence-electron chi connectivity index (χ1n) is 4.51. The molecule has 4 nitrogen and oxygen atoms in total. The van der Waals surface area contributed by atoms with Gasteiger partial charge in [0.25, 0.3) is 0 Å². The number of aryl methyl sites for hydroxylation is 1. The molecule has 0 radical (unpaired) electrons. The standard InChI is InChI=1S/C9H13N3O/c1-3-6-11-9(13)12(7(2)10-11)8-4-5-8/h3,8H,1,4-6H2,2H3. The first kappa shape index (κ1) is 8.29. The zero-order valence-corrected chi connectivity index (χ0v) is 7.73. The fourth-order valence-corrected chi connectivity index (χ4v) is 1.52. The van der Waals surface area contributed by atoms with Crippen LogP contribution in [0.15, 0.2) is 17.4 Å². The van der Waals surface area contributed by atoms with E-state index in [4.69, 9.17) is 0 Å². The second kappa shape index (κ2) is 2.87. The van der Waals surface area contributed by atoms with E-state index < -0.39 is 0 Å². The van der Waals surface area contributed by atoms with Crippen LogP contribution in [-0.2, 0) is 6.54 Å². The summed E-state index contributed by atoms with van der Waals surface area (Å²) in [6.07, 6.45) is 3.91. The van der Waals surface area contributed by atoms with Crippen molar-refractivity contribution in [2.24, 2.45) is 0 Å². The maximum Gasteiger partial charge on any atom is 0.346 e. The van der Waals surface area contributed by atoms with Crippen molar-refractivity contribution in [1.82, 2.24) is 14.3 Å². The van der Waals surface area contributed by atoms with Crippen molar-refractivity contribution in [2.75, 3.05) is 0 Å². The van der Waals surface area contributed by atoms with Gasteiger partial charge in [0.15, 0.2) is 0 Å². The van der Waals surface area contributed by atoms with Gasteiger partial charge in [-0.1, -0.05) is 6.08 Å². The van der Waals surface area contributed by atoms with Crippen LogP contribution in [0, 0.1) is 6.92 Å². The first-order valence-corrected chi connectivity index (χ1v) is 4.51. The monoisotopic (exact) mass is 179 g/mol. The van der Waals surface area contributed by atoms with E-state index in [0.717, 1.165) is 18.7 Å². The Balaban J connectivity index is 2.44. The molecule has 0 spiro atoms. The molecular formula is C9H13N3O. The summed E-state index contributed by atoms with van der Waals surface area (Å²) in [4.78, 5) is 11.7. The van der Waals surface area contributed by atoms with Crippen LogP contribution in [0.3, 0.4) is 0 Å². The normalized spacial score (nSPS) is 16.1. The lowest BCUT2D eigenvalue weighted by Gasteiger charge is -1.95. The predicted octanol–water partition coefficient (Wildman–Crippen LogP) is 0.874. The minimum Gasteiger partial charge on any atom is -0.276 e. The van der Waals surface area contributed by atoms with Crippen LogP contribution in [-0.4, -0.2) is 14.3 Å². The third kappa shape index (κ3) is 1.32. The Kier molecular flexibility index (Phi) is 1.83. The second-order valence-electron chi connectivity index (χ2n) is 3.40. The van der Waals surface area contributed by atoms with Gasteiger partial charge in [-0.15, -0.1) is 6.58 Å². The van der Waals surface area contributed by atoms with Gasteiger partial charge in [0.1, 0.15) is 5.82 Å². The van der Waals surface area contributed by atoms with Gasteiger partial charge < -0.3 is 0 Å². The van der Waals surface area contributed by atoms with Gasteiger partial charge in [-0.3, -0.25) is 4.57 Å². The fraction of sp³-hybridized carbons (Fsp3) is 0.556. The highest BCUT2D eigenvalue weighted by molar-refractivity contribution is 4.94. The van der Waals surface area contributed by atoms with Crippen LogP contribution in [0.5, 0.6) is 0 Å². The average molecular weight is 179 g/mol. The SMILES string of the molecule is C=CCn1nc(C)n(C2CC2)c1=O. The summed E-state index contributed by atoms with van der Waals surface area (Å²) in [7, 11) is 0. The number of allylic oxidation sites excluding steroid dienone is 1. The van der Waals surface area contributed by atoms with Crippen molar-refractivity contribution in [3.8, 4) is 0 Å². The number of hydrogen-bond acceptors (Lipinski definition) is 2. The van der Waals surface area contributed by atoms with Gasteiger partial charge in [-0.05, 0) is 19.8 Å². The molecule has 0 bridgehead atoms. The van der Waals surface area contributed by atoms with E-state index in [1.165, 1.54) is 4.68 Å². The Hall–Kier alpha value is -1.32. The van der Waals surface area contributed by atoms with Crippen LogP contribution >= 0.6 is 0 Å². The van der Waals surface area contributed by atoms with Crippen LogP contribution in [0.2, 0.25) is 0 Å². The second-order valence-corrected chi connectivity index (χ2v) is 3.40. The van der Waals surface area contributed by atoms with Gasteiger partial charge in [-0.2, -0.15) is 5.10 Å². The summed E-state index contributed by atoms with van der Waals surface area (Å²) in [5.74, 6) is 0.814. The highest BCUT2D eigenvalue weighted by Crippen LogP contribution is 2.33. The Labute approximate surface area is 76.5 Å². The van der Waals surface area contributed by atoms with Gasteiger partial charge in [-0.25, -0.2) is 9.48 Å². The van der Waals surface area contributed by atoms with Crippen molar-refractivity contribution >= 4 is 0 Å². The molecule has 1 aromatic heterocycles. The third-order valence-corrected chi connectivity index (χ3v) is 2.26. The molecule has 1 aromatic rings. The van der Waals surface area contributed by atoms with Crippen LogP contribution in [0.25, 0.3) is 0 Å². The molecule has 0 aliphatic heterocycles. The van der Waals surface area contributed by atoms with Crippen molar-refractivity contribution < 1.29 is 0 Å². The van der Waals surface area contributed by atoms with E-state index >= 15 is 0 Å². The summed E-state index contributed by atoms with van der Waals surface area (Å²) in [6, 6.07) is 0.408. The summed E-state index contributed by atoms with van der Waals surface area (Å²) in [6.45, 7) is 5.96. The van der Waals surface area contributed by atoms with E-state index in [9.17, 15) is 4.79 Å².